The molecule has 0 aliphatic carbocycles. The molecule has 0 bridgehead atoms. The van der Waals surface area contributed by atoms with Crippen LogP contribution in [-0.2, 0) is 4.79 Å². The van der Waals surface area contributed by atoms with E-state index in [1.165, 1.54) is 45.8 Å². The molecule has 0 fully saturated rings. The number of anilines is 1. The fraction of sp³-hybridized carbons (Fsp3) is 0.125. The van der Waals surface area contributed by atoms with Crippen LogP contribution < -0.4 is 9.64 Å². The van der Waals surface area contributed by atoms with Gasteiger partial charge in [-0.2, -0.15) is 0 Å². The number of amides is 1. The molecule has 4 aromatic rings. The molecule has 1 aliphatic rings. The van der Waals surface area contributed by atoms with Gasteiger partial charge in [-0.1, -0.05) is 35.6 Å². The van der Waals surface area contributed by atoms with E-state index in [2.05, 4.69) is 4.98 Å². The van der Waals surface area contributed by atoms with E-state index < -0.39 is 29.3 Å². The normalized spacial score (nSPS) is 16.1. The molecule has 1 atom stereocenters. The number of hydrogen-bond acceptors (Lipinski definition) is 7. The molecule has 0 unspecified atom stereocenters. The summed E-state index contributed by atoms with van der Waals surface area (Å²) in [7, 11) is 0. The third-order valence-electron chi connectivity index (χ3n) is 5.26. The minimum Gasteiger partial charge on any atom is -0.503 e. The van der Waals surface area contributed by atoms with Crippen molar-refractivity contribution in [2.45, 2.75) is 13.0 Å². The van der Waals surface area contributed by atoms with Crippen LogP contribution in [0.3, 0.4) is 0 Å². The Bertz CT molecular complexity index is 1410. The first-order valence-corrected chi connectivity index (χ1v) is 11.8. The SMILES string of the molecule is CCOc1ccc2nc(N3C(=O)C(O)=C(C(=O)c4cccs4)[C@H]3c3ccccc3F)sc2c1. The van der Waals surface area contributed by atoms with Crippen molar-refractivity contribution in [2.75, 3.05) is 11.5 Å². The number of ketones is 1. The van der Waals surface area contributed by atoms with Gasteiger partial charge in [-0.3, -0.25) is 14.5 Å². The van der Waals surface area contributed by atoms with Crippen LogP contribution in [0.5, 0.6) is 5.75 Å². The molecule has 1 amide bonds. The van der Waals surface area contributed by atoms with Crippen LogP contribution in [0.4, 0.5) is 9.52 Å². The van der Waals surface area contributed by atoms with Crippen LogP contribution in [0, 0.1) is 5.82 Å². The van der Waals surface area contributed by atoms with Gasteiger partial charge >= 0.3 is 0 Å². The summed E-state index contributed by atoms with van der Waals surface area (Å²) < 4.78 is 21.2. The molecule has 2 aromatic carbocycles. The first-order chi connectivity index (χ1) is 16.0. The van der Waals surface area contributed by atoms with Gasteiger partial charge in [-0.05, 0) is 42.6 Å². The molecule has 1 aliphatic heterocycles. The van der Waals surface area contributed by atoms with Crippen LogP contribution in [0.2, 0.25) is 0 Å². The number of aromatic nitrogens is 1. The Morgan fingerprint density at radius 2 is 2.03 bits per heavy atom. The number of fused-ring (bicyclic) bond motifs is 1. The largest absolute Gasteiger partial charge is 0.503 e. The zero-order chi connectivity index (χ0) is 23.1. The van der Waals surface area contributed by atoms with Gasteiger partial charge in [0.2, 0.25) is 5.78 Å². The Morgan fingerprint density at radius 1 is 1.21 bits per heavy atom. The predicted octanol–water partition coefficient (Wildman–Crippen LogP) is 5.68. The smallest absolute Gasteiger partial charge is 0.296 e. The lowest BCUT2D eigenvalue weighted by Gasteiger charge is -2.24. The maximum atomic E-state index is 14.9. The lowest BCUT2D eigenvalue weighted by atomic mass is 9.95. The zero-order valence-electron chi connectivity index (χ0n) is 17.3. The number of carbonyl (C=O) groups is 2. The maximum absolute atomic E-state index is 14.9. The summed E-state index contributed by atoms with van der Waals surface area (Å²) in [5.41, 5.74) is 0.557. The Labute approximate surface area is 196 Å². The van der Waals surface area contributed by atoms with Gasteiger partial charge in [0.1, 0.15) is 17.6 Å². The van der Waals surface area contributed by atoms with E-state index in [9.17, 15) is 19.1 Å². The first kappa shape index (κ1) is 21.3. The second-order valence-electron chi connectivity index (χ2n) is 7.23. The lowest BCUT2D eigenvalue weighted by molar-refractivity contribution is -0.117. The van der Waals surface area contributed by atoms with E-state index in [4.69, 9.17) is 4.74 Å². The summed E-state index contributed by atoms with van der Waals surface area (Å²) in [6.45, 7) is 2.38. The number of thiazole rings is 1. The number of hydrogen-bond donors (Lipinski definition) is 1. The molecular weight excluding hydrogens is 463 g/mol. The van der Waals surface area contributed by atoms with Gasteiger partial charge in [0.05, 0.1) is 27.3 Å². The van der Waals surface area contributed by atoms with E-state index in [-0.39, 0.29) is 16.3 Å². The molecule has 6 nitrogen and oxygen atoms in total. The number of aliphatic hydroxyl groups is 1. The molecule has 0 saturated carbocycles. The molecule has 5 rings (SSSR count). The molecule has 1 N–H and O–H groups in total. The van der Waals surface area contributed by atoms with Crippen molar-refractivity contribution in [2.24, 2.45) is 0 Å². The first-order valence-electron chi connectivity index (χ1n) is 10.1. The molecular formula is C24H17FN2O4S2. The molecule has 0 saturated heterocycles. The van der Waals surface area contributed by atoms with Crippen molar-refractivity contribution in [1.29, 1.82) is 0 Å². The summed E-state index contributed by atoms with van der Waals surface area (Å²) in [6, 6.07) is 13.4. The average molecular weight is 481 g/mol. The minimum absolute atomic E-state index is 0.101. The van der Waals surface area contributed by atoms with Crippen molar-refractivity contribution < 1.29 is 23.8 Å². The Morgan fingerprint density at radius 3 is 2.76 bits per heavy atom. The third kappa shape index (κ3) is 3.59. The van der Waals surface area contributed by atoms with Gasteiger partial charge in [0, 0.05) is 5.56 Å². The van der Waals surface area contributed by atoms with Crippen molar-refractivity contribution in [3.63, 3.8) is 0 Å². The molecule has 0 spiro atoms. The van der Waals surface area contributed by atoms with Crippen LogP contribution >= 0.6 is 22.7 Å². The van der Waals surface area contributed by atoms with Gasteiger partial charge < -0.3 is 9.84 Å². The second-order valence-corrected chi connectivity index (χ2v) is 9.18. The highest BCUT2D eigenvalue weighted by Gasteiger charge is 2.47. The van der Waals surface area contributed by atoms with Gasteiger partial charge in [0.25, 0.3) is 5.91 Å². The van der Waals surface area contributed by atoms with E-state index in [1.54, 1.807) is 35.7 Å². The van der Waals surface area contributed by atoms with E-state index >= 15 is 0 Å². The fourth-order valence-corrected chi connectivity index (χ4v) is 5.52. The average Bonchev–Trinajstić information content (AvgIpc) is 3.53. The standard InChI is InChI=1S/C24H17FN2O4S2/c1-2-31-13-9-10-16-18(12-13)33-24(26-16)27-20(14-6-3-4-7-15(14)25)19(22(29)23(27)30)21(28)17-8-5-11-32-17/h3-12,20,29H,2H2,1H3/t20-/m1/s1. The van der Waals surface area contributed by atoms with Crippen molar-refractivity contribution in [3.05, 3.63) is 87.6 Å². The summed E-state index contributed by atoms with van der Waals surface area (Å²) >= 11 is 2.39. The number of Topliss-reactive ketones (excluding diaryl/α,β-unsaturated/α-hetero) is 1. The molecule has 2 aromatic heterocycles. The van der Waals surface area contributed by atoms with Crippen molar-refractivity contribution in [3.8, 4) is 5.75 Å². The highest BCUT2D eigenvalue weighted by molar-refractivity contribution is 7.22. The minimum atomic E-state index is -1.15. The Balaban J connectivity index is 1.67. The van der Waals surface area contributed by atoms with Crippen LogP contribution in [0.15, 0.2) is 71.3 Å². The van der Waals surface area contributed by atoms with Gasteiger partial charge in [-0.25, -0.2) is 9.37 Å². The number of benzene rings is 2. The summed E-state index contributed by atoms with van der Waals surface area (Å²) in [5, 5.41) is 12.7. The topological polar surface area (TPSA) is 79.7 Å². The summed E-state index contributed by atoms with van der Waals surface area (Å²) in [4.78, 5) is 32.6. The van der Waals surface area contributed by atoms with Crippen molar-refractivity contribution in [1.82, 2.24) is 4.98 Å². The van der Waals surface area contributed by atoms with Crippen molar-refractivity contribution >= 4 is 49.7 Å². The number of aliphatic hydroxyl groups excluding tert-OH is 1. The Kier molecular flexibility index (Phi) is 5.43. The van der Waals surface area contributed by atoms with Crippen LogP contribution in [-0.4, -0.2) is 28.4 Å². The highest BCUT2D eigenvalue weighted by Crippen LogP contribution is 2.45. The maximum Gasteiger partial charge on any atom is 0.296 e. The molecule has 9 heteroatoms. The number of nitrogens with zero attached hydrogens (tertiary/aromatic N) is 2. The third-order valence-corrected chi connectivity index (χ3v) is 7.15. The molecule has 3 heterocycles. The zero-order valence-corrected chi connectivity index (χ0v) is 19.0. The fourth-order valence-electron chi connectivity index (χ4n) is 3.82. The van der Waals surface area contributed by atoms with Crippen LogP contribution in [0.1, 0.15) is 28.2 Å². The Hall–Kier alpha value is -3.56. The predicted molar refractivity (Wildman–Crippen MR) is 126 cm³/mol. The number of thiophene rings is 1. The van der Waals surface area contributed by atoms with E-state index in [1.807, 2.05) is 13.0 Å². The highest BCUT2D eigenvalue weighted by atomic mass is 32.1. The summed E-state index contributed by atoms with van der Waals surface area (Å²) in [5.74, 6) is -1.95. The van der Waals surface area contributed by atoms with Gasteiger partial charge in [0.15, 0.2) is 10.9 Å². The number of carbonyl (C=O) groups excluding carboxylic acids is 2. The lowest BCUT2D eigenvalue weighted by Crippen LogP contribution is -2.31. The monoisotopic (exact) mass is 480 g/mol. The number of ether oxygens (including phenoxy) is 1. The number of rotatable bonds is 6. The molecule has 33 heavy (non-hydrogen) atoms. The molecule has 166 valence electrons. The quantitative estimate of drug-likeness (QED) is 0.359. The van der Waals surface area contributed by atoms with Gasteiger partial charge in [-0.15, -0.1) is 11.3 Å². The van der Waals surface area contributed by atoms with E-state index in [0.717, 1.165) is 4.70 Å². The summed E-state index contributed by atoms with van der Waals surface area (Å²) in [6.07, 6.45) is 0. The molecule has 0 radical (unpaired) electrons. The van der Waals surface area contributed by atoms with E-state index in [0.29, 0.717) is 22.8 Å². The second kappa shape index (κ2) is 8.42. The number of halogens is 1. The van der Waals surface area contributed by atoms with Crippen LogP contribution in [0.25, 0.3) is 10.2 Å².